The van der Waals surface area contributed by atoms with E-state index in [0.29, 0.717) is 12.0 Å². The van der Waals surface area contributed by atoms with Gasteiger partial charge in [0, 0.05) is 25.2 Å². The van der Waals surface area contributed by atoms with Gasteiger partial charge in [0.15, 0.2) is 0 Å². The highest BCUT2D eigenvalue weighted by atomic mass is 15.2. The van der Waals surface area contributed by atoms with Gasteiger partial charge < -0.3 is 5.73 Å². The molecule has 0 aromatic heterocycles. The first kappa shape index (κ1) is 10.4. The highest BCUT2D eigenvalue weighted by Crippen LogP contribution is 2.36. The van der Waals surface area contributed by atoms with Crippen LogP contribution in [0.15, 0.2) is 0 Å². The molecule has 1 atom stereocenters. The van der Waals surface area contributed by atoms with Crippen LogP contribution in [0.5, 0.6) is 0 Å². The molecule has 0 bridgehead atoms. The Morgan fingerprint density at radius 2 is 1.86 bits per heavy atom. The highest BCUT2D eigenvalue weighted by molar-refractivity contribution is 4.93. The zero-order valence-electron chi connectivity index (χ0n) is 9.58. The molecule has 0 radical (unpaired) electrons. The van der Waals surface area contributed by atoms with Crippen molar-refractivity contribution in [3.05, 3.63) is 0 Å². The number of hydrogen-bond acceptors (Lipinski definition) is 2. The maximum atomic E-state index is 5.89. The van der Waals surface area contributed by atoms with Crippen LogP contribution in [0.3, 0.4) is 0 Å². The summed E-state index contributed by atoms with van der Waals surface area (Å²) in [6, 6.07) is 1.51. The van der Waals surface area contributed by atoms with Crippen LogP contribution < -0.4 is 5.73 Å². The van der Waals surface area contributed by atoms with Gasteiger partial charge in [-0.05, 0) is 37.5 Å². The zero-order valence-corrected chi connectivity index (χ0v) is 9.58. The summed E-state index contributed by atoms with van der Waals surface area (Å²) in [5.41, 5.74) is 5.89. The average molecular weight is 196 g/mol. The summed E-state index contributed by atoms with van der Waals surface area (Å²) in [6.45, 7) is 6.77. The van der Waals surface area contributed by atoms with Crippen molar-refractivity contribution in [3.8, 4) is 0 Å². The summed E-state index contributed by atoms with van der Waals surface area (Å²) < 4.78 is 0. The molecular formula is C12H24N2. The van der Waals surface area contributed by atoms with Crippen molar-refractivity contribution in [3.63, 3.8) is 0 Å². The van der Waals surface area contributed by atoms with Crippen LogP contribution in [0.4, 0.5) is 0 Å². The number of hydrogen-bond donors (Lipinski definition) is 1. The monoisotopic (exact) mass is 196 g/mol. The first-order valence-corrected chi connectivity index (χ1v) is 6.18. The molecule has 0 amide bonds. The predicted octanol–water partition coefficient (Wildman–Crippen LogP) is 1.84. The molecule has 2 N–H and O–H groups in total. The molecule has 0 aromatic carbocycles. The van der Waals surface area contributed by atoms with Crippen molar-refractivity contribution >= 4 is 0 Å². The Balaban J connectivity index is 1.91. The summed E-state index contributed by atoms with van der Waals surface area (Å²) in [7, 11) is 0. The molecule has 2 saturated carbocycles. The fourth-order valence-electron chi connectivity index (χ4n) is 2.35. The van der Waals surface area contributed by atoms with Gasteiger partial charge in [-0.3, -0.25) is 4.90 Å². The van der Waals surface area contributed by atoms with Crippen molar-refractivity contribution < 1.29 is 0 Å². The Hall–Kier alpha value is -0.0800. The first-order valence-electron chi connectivity index (χ1n) is 6.18. The van der Waals surface area contributed by atoms with E-state index in [2.05, 4.69) is 18.7 Å². The van der Waals surface area contributed by atoms with Gasteiger partial charge >= 0.3 is 0 Å². The minimum atomic E-state index is 0.628. The van der Waals surface area contributed by atoms with Crippen LogP contribution in [0.25, 0.3) is 0 Å². The number of nitrogens with zero attached hydrogens (tertiary/aromatic N) is 1. The Morgan fingerprint density at radius 1 is 1.21 bits per heavy atom. The third-order valence-electron chi connectivity index (χ3n) is 3.62. The molecule has 2 nitrogen and oxygen atoms in total. The normalized spacial score (nSPS) is 24.6. The second kappa shape index (κ2) is 4.19. The van der Waals surface area contributed by atoms with E-state index < -0.39 is 0 Å². The summed E-state index contributed by atoms with van der Waals surface area (Å²) >= 11 is 0. The largest absolute Gasteiger partial charge is 0.329 e. The van der Waals surface area contributed by atoms with Crippen molar-refractivity contribution in [2.45, 2.75) is 51.6 Å². The molecule has 2 heteroatoms. The Kier molecular flexibility index (Phi) is 3.13. The molecule has 0 aromatic rings. The lowest BCUT2D eigenvalue weighted by Crippen LogP contribution is -2.46. The zero-order chi connectivity index (χ0) is 10.1. The summed E-state index contributed by atoms with van der Waals surface area (Å²) in [5, 5.41) is 0. The van der Waals surface area contributed by atoms with Gasteiger partial charge in [0.1, 0.15) is 0 Å². The third kappa shape index (κ3) is 2.48. The standard InChI is InChI=1S/C12H24N2/c1-9(2)12(7-13)14(11-5-6-11)8-10-3-4-10/h9-12H,3-8,13H2,1-2H3. The lowest BCUT2D eigenvalue weighted by atomic mass is 10.0. The van der Waals surface area contributed by atoms with Gasteiger partial charge in [-0.1, -0.05) is 13.8 Å². The number of rotatable bonds is 6. The van der Waals surface area contributed by atoms with Gasteiger partial charge in [-0.15, -0.1) is 0 Å². The van der Waals surface area contributed by atoms with Gasteiger partial charge in [0.25, 0.3) is 0 Å². The average Bonchev–Trinajstić information content (AvgIpc) is 3.00. The van der Waals surface area contributed by atoms with E-state index >= 15 is 0 Å². The number of nitrogens with two attached hydrogens (primary N) is 1. The maximum Gasteiger partial charge on any atom is 0.0244 e. The molecule has 2 fully saturated rings. The second-order valence-electron chi connectivity index (χ2n) is 5.42. The summed E-state index contributed by atoms with van der Waals surface area (Å²) in [5.74, 6) is 1.71. The molecule has 2 aliphatic carbocycles. The molecule has 2 rings (SSSR count). The van der Waals surface area contributed by atoms with E-state index in [0.717, 1.165) is 18.5 Å². The fraction of sp³-hybridized carbons (Fsp3) is 1.00. The molecule has 1 unspecified atom stereocenters. The van der Waals surface area contributed by atoms with Gasteiger partial charge in [-0.25, -0.2) is 0 Å². The smallest absolute Gasteiger partial charge is 0.0244 e. The lowest BCUT2D eigenvalue weighted by molar-refractivity contribution is 0.144. The molecule has 0 aliphatic heterocycles. The minimum Gasteiger partial charge on any atom is -0.329 e. The van der Waals surface area contributed by atoms with E-state index in [-0.39, 0.29) is 0 Å². The second-order valence-corrected chi connectivity index (χ2v) is 5.42. The predicted molar refractivity (Wildman–Crippen MR) is 60.1 cm³/mol. The van der Waals surface area contributed by atoms with Crippen molar-refractivity contribution in [2.24, 2.45) is 17.6 Å². The van der Waals surface area contributed by atoms with E-state index in [9.17, 15) is 0 Å². The van der Waals surface area contributed by atoms with Crippen molar-refractivity contribution in [2.75, 3.05) is 13.1 Å². The molecular weight excluding hydrogens is 172 g/mol. The fourth-order valence-corrected chi connectivity index (χ4v) is 2.35. The molecule has 14 heavy (non-hydrogen) atoms. The quantitative estimate of drug-likeness (QED) is 0.702. The summed E-state index contributed by atoms with van der Waals surface area (Å²) in [6.07, 6.45) is 5.74. The molecule has 82 valence electrons. The van der Waals surface area contributed by atoms with Crippen LogP contribution in [0.2, 0.25) is 0 Å². The van der Waals surface area contributed by atoms with Crippen LogP contribution in [0.1, 0.15) is 39.5 Å². The lowest BCUT2D eigenvalue weighted by Gasteiger charge is -2.33. The highest BCUT2D eigenvalue weighted by Gasteiger charge is 2.37. The first-order chi connectivity index (χ1) is 6.72. The molecule has 2 aliphatic rings. The van der Waals surface area contributed by atoms with E-state index in [1.807, 2.05) is 0 Å². The van der Waals surface area contributed by atoms with E-state index in [1.54, 1.807) is 0 Å². The van der Waals surface area contributed by atoms with E-state index in [4.69, 9.17) is 5.73 Å². The minimum absolute atomic E-state index is 0.628. The van der Waals surface area contributed by atoms with Gasteiger partial charge in [-0.2, -0.15) is 0 Å². The van der Waals surface area contributed by atoms with Crippen LogP contribution >= 0.6 is 0 Å². The molecule has 0 heterocycles. The Bertz CT molecular complexity index is 183. The summed E-state index contributed by atoms with van der Waals surface area (Å²) in [4.78, 5) is 2.71. The third-order valence-corrected chi connectivity index (χ3v) is 3.62. The van der Waals surface area contributed by atoms with Crippen LogP contribution in [-0.4, -0.2) is 30.1 Å². The van der Waals surface area contributed by atoms with E-state index in [1.165, 1.54) is 32.2 Å². The molecule has 0 saturated heterocycles. The van der Waals surface area contributed by atoms with Crippen molar-refractivity contribution in [1.29, 1.82) is 0 Å². The van der Waals surface area contributed by atoms with Gasteiger partial charge in [0.2, 0.25) is 0 Å². The van der Waals surface area contributed by atoms with Gasteiger partial charge in [0.05, 0.1) is 0 Å². The van der Waals surface area contributed by atoms with Crippen molar-refractivity contribution in [1.82, 2.24) is 4.90 Å². The maximum absolute atomic E-state index is 5.89. The SMILES string of the molecule is CC(C)C(CN)N(CC1CC1)C1CC1. The van der Waals surface area contributed by atoms with Crippen LogP contribution in [-0.2, 0) is 0 Å². The van der Waals surface area contributed by atoms with Crippen LogP contribution in [0, 0.1) is 11.8 Å². The Labute approximate surface area is 87.8 Å². The Morgan fingerprint density at radius 3 is 2.21 bits per heavy atom. The topological polar surface area (TPSA) is 29.3 Å². The molecule has 0 spiro atoms.